The lowest BCUT2D eigenvalue weighted by molar-refractivity contribution is -0.132. The molecule has 0 radical (unpaired) electrons. The summed E-state index contributed by atoms with van der Waals surface area (Å²) in [5.41, 5.74) is -0.148. The van der Waals surface area contributed by atoms with Crippen LogP contribution in [-0.2, 0) is 9.53 Å². The van der Waals surface area contributed by atoms with Gasteiger partial charge in [0.15, 0.2) is 0 Å². The lowest BCUT2D eigenvalue weighted by Crippen LogP contribution is -2.52. The van der Waals surface area contributed by atoms with E-state index in [9.17, 15) is 9.59 Å². The minimum absolute atomic E-state index is 0.0657. The highest BCUT2D eigenvalue weighted by Crippen LogP contribution is 2.15. The fourth-order valence-electron chi connectivity index (χ4n) is 2.91. The molecule has 0 saturated carbocycles. The summed E-state index contributed by atoms with van der Waals surface area (Å²) in [6.45, 7) is 7.70. The number of hydrogen-bond acceptors (Lipinski definition) is 7. The van der Waals surface area contributed by atoms with Gasteiger partial charge in [0.05, 0.1) is 5.56 Å². The molecule has 0 atom stereocenters. The maximum Gasteiger partial charge on any atom is 0.410 e. The maximum absolute atomic E-state index is 12.7. The number of aliphatic hydroxyl groups excluding tert-OH is 1. The summed E-state index contributed by atoms with van der Waals surface area (Å²) in [5, 5.41) is 17.9. The number of hydrogen-bond donors (Lipinski definition) is 1. The zero-order valence-electron chi connectivity index (χ0n) is 17.3. The van der Waals surface area contributed by atoms with Crippen LogP contribution in [-0.4, -0.2) is 83.4 Å². The Morgan fingerprint density at radius 3 is 2.48 bits per heavy atom. The van der Waals surface area contributed by atoms with E-state index < -0.39 is 11.7 Å². The normalized spacial score (nSPS) is 14.3. The van der Waals surface area contributed by atoms with E-state index in [1.54, 1.807) is 37.8 Å². The van der Waals surface area contributed by atoms with Gasteiger partial charge in [-0.2, -0.15) is 5.26 Å². The van der Waals surface area contributed by atoms with Crippen molar-refractivity contribution in [2.75, 3.05) is 50.8 Å². The van der Waals surface area contributed by atoms with Crippen LogP contribution < -0.4 is 4.90 Å². The van der Waals surface area contributed by atoms with Gasteiger partial charge in [0.25, 0.3) is 0 Å². The minimum atomic E-state index is -0.655. The van der Waals surface area contributed by atoms with Gasteiger partial charge in [-0.05, 0) is 39.3 Å². The second-order valence-electron chi connectivity index (χ2n) is 7.86. The van der Waals surface area contributed by atoms with Crippen molar-refractivity contribution in [1.82, 2.24) is 14.8 Å². The number of ether oxygens (including phenoxy) is 1. The predicted octanol–water partition coefficient (Wildman–Crippen LogP) is 1.22. The molecule has 1 aromatic rings. The highest BCUT2D eigenvalue weighted by atomic mass is 16.6. The van der Waals surface area contributed by atoms with Crippen LogP contribution in [0.15, 0.2) is 18.3 Å². The van der Waals surface area contributed by atoms with E-state index in [0.717, 1.165) is 5.82 Å². The molecule has 0 bridgehead atoms. The van der Waals surface area contributed by atoms with Gasteiger partial charge >= 0.3 is 6.09 Å². The summed E-state index contributed by atoms with van der Waals surface area (Å²) in [4.78, 5) is 34.5. The number of aliphatic hydroxyl groups is 1. The lowest BCUT2D eigenvalue weighted by Gasteiger charge is -2.36. The fourth-order valence-corrected chi connectivity index (χ4v) is 2.91. The summed E-state index contributed by atoms with van der Waals surface area (Å²) in [6, 6.07) is 5.57. The topological polar surface area (TPSA) is 110 Å². The quantitative estimate of drug-likeness (QED) is 0.760. The second-order valence-corrected chi connectivity index (χ2v) is 7.86. The number of carbonyl (C=O) groups excluding carboxylic acids is 2. The molecular formula is C20H29N5O4. The molecule has 29 heavy (non-hydrogen) atoms. The summed E-state index contributed by atoms with van der Waals surface area (Å²) in [5.74, 6) is 0.621. The molecular weight excluding hydrogens is 374 g/mol. The SMILES string of the molecule is CC(C)(C)OC(=O)N(CCCO)CC(=O)N1CCN(c2ccc(C#N)cn2)CC1. The largest absolute Gasteiger partial charge is 0.444 e. The Bertz CT molecular complexity index is 731. The van der Waals surface area contributed by atoms with E-state index in [2.05, 4.69) is 9.88 Å². The Hall–Kier alpha value is -2.86. The number of carbonyl (C=O) groups is 2. The predicted molar refractivity (Wildman–Crippen MR) is 107 cm³/mol. The van der Waals surface area contributed by atoms with E-state index in [-0.39, 0.29) is 25.6 Å². The Kier molecular flexibility index (Phi) is 7.79. The average Bonchev–Trinajstić information content (AvgIpc) is 2.69. The molecule has 1 saturated heterocycles. The molecule has 0 aliphatic carbocycles. The van der Waals surface area contributed by atoms with Gasteiger partial charge in [0, 0.05) is 45.5 Å². The van der Waals surface area contributed by atoms with Gasteiger partial charge in [-0.25, -0.2) is 9.78 Å². The van der Waals surface area contributed by atoms with Crippen LogP contribution in [0.2, 0.25) is 0 Å². The highest BCUT2D eigenvalue weighted by molar-refractivity contribution is 5.82. The highest BCUT2D eigenvalue weighted by Gasteiger charge is 2.27. The molecule has 1 aliphatic heterocycles. The van der Waals surface area contributed by atoms with Crippen LogP contribution in [0.5, 0.6) is 0 Å². The van der Waals surface area contributed by atoms with E-state index in [0.29, 0.717) is 38.2 Å². The fraction of sp³-hybridized carbons (Fsp3) is 0.600. The molecule has 1 fully saturated rings. The Labute approximate surface area is 171 Å². The Morgan fingerprint density at radius 1 is 1.28 bits per heavy atom. The lowest BCUT2D eigenvalue weighted by atomic mass is 10.2. The number of nitriles is 1. The van der Waals surface area contributed by atoms with E-state index in [4.69, 9.17) is 15.1 Å². The summed E-state index contributed by atoms with van der Waals surface area (Å²) >= 11 is 0. The van der Waals surface area contributed by atoms with Crippen LogP contribution in [0, 0.1) is 11.3 Å². The van der Waals surface area contributed by atoms with Crippen molar-refractivity contribution in [3.63, 3.8) is 0 Å². The third-order valence-corrected chi connectivity index (χ3v) is 4.40. The first-order chi connectivity index (χ1) is 13.7. The van der Waals surface area contributed by atoms with Crippen molar-refractivity contribution < 1.29 is 19.4 Å². The molecule has 0 spiro atoms. The third kappa shape index (κ3) is 6.91. The zero-order valence-corrected chi connectivity index (χ0v) is 17.3. The zero-order chi connectivity index (χ0) is 21.4. The van der Waals surface area contributed by atoms with Crippen molar-refractivity contribution in [2.24, 2.45) is 0 Å². The van der Waals surface area contributed by atoms with Crippen LogP contribution in [0.1, 0.15) is 32.8 Å². The molecule has 0 unspecified atom stereocenters. The number of amides is 2. The van der Waals surface area contributed by atoms with Crippen molar-refractivity contribution in [1.29, 1.82) is 5.26 Å². The maximum atomic E-state index is 12.7. The van der Waals surface area contributed by atoms with E-state index >= 15 is 0 Å². The Morgan fingerprint density at radius 2 is 1.97 bits per heavy atom. The molecule has 9 heteroatoms. The molecule has 1 N–H and O–H groups in total. The summed E-state index contributed by atoms with van der Waals surface area (Å²) < 4.78 is 5.37. The monoisotopic (exact) mass is 403 g/mol. The van der Waals surface area contributed by atoms with Gasteiger partial charge in [-0.15, -0.1) is 0 Å². The molecule has 9 nitrogen and oxygen atoms in total. The second kappa shape index (κ2) is 10.1. The molecule has 2 amide bonds. The molecule has 1 aliphatic rings. The third-order valence-electron chi connectivity index (χ3n) is 4.40. The van der Waals surface area contributed by atoms with Gasteiger partial charge in [0.1, 0.15) is 24.0 Å². The number of piperazine rings is 1. The van der Waals surface area contributed by atoms with Crippen LogP contribution in [0.4, 0.5) is 10.6 Å². The van der Waals surface area contributed by atoms with Gasteiger partial charge in [-0.3, -0.25) is 9.69 Å². The van der Waals surface area contributed by atoms with Crippen molar-refractivity contribution in [3.8, 4) is 6.07 Å². The summed E-state index contributed by atoms with van der Waals surface area (Å²) in [6.07, 6.45) is 1.36. The van der Waals surface area contributed by atoms with Gasteiger partial charge < -0.3 is 19.6 Å². The number of aromatic nitrogens is 1. The summed E-state index contributed by atoms with van der Waals surface area (Å²) in [7, 11) is 0. The first kappa shape index (κ1) is 22.4. The van der Waals surface area contributed by atoms with Crippen molar-refractivity contribution in [2.45, 2.75) is 32.8 Å². The molecule has 2 rings (SSSR count). The molecule has 1 aromatic heterocycles. The van der Waals surface area contributed by atoms with E-state index in [1.807, 2.05) is 6.07 Å². The number of rotatable bonds is 6. The minimum Gasteiger partial charge on any atom is -0.444 e. The number of nitrogens with zero attached hydrogens (tertiary/aromatic N) is 5. The first-order valence-corrected chi connectivity index (χ1v) is 9.71. The van der Waals surface area contributed by atoms with Crippen LogP contribution in [0.25, 0.3) is 0 Å². The standard InChI is InChI=1S/C20H29N5O4/c1-20(2,3)29-19(28)25(7-4-12-26)15-18(27)24-10-8-23(9-11-24)17-6-5-16(13-21)14-22-17/h5-6,14,26H,4,7-12,15H2,1-3H3. The molecule has 2 heterocycles. The van der Waals surface area contributed by atoms with Gasteiger partial charge in [0.2, 0.25) is 5.91 Å². The van der Waals surface area contributed by atoms with E-state index in [1.165, 1.54) is 11.1 Å². The number of pyridine rings is 1. The van der Waals surface area contributed by atoms with Crippen molar-refractivity contribution in [3.05, 3.63) is 23.9 Å². The number of anilines is 1. The smallest absolute Gasteiger partial charge is 0.410 e. The first-order valence-electron chi connectivity index (χ1n) is 9.71. The molecule has 158 valence electrons. The average molecular weight is 403 g/mol. The molecule has 0 aromatic carbocycles. The Balaban J connectivity index is 1.91. The van der Waals surface area contributed by atoms with Crippen LogP contribution in [0.3, 0.4) is 0 Å². The van der Waals surface area contributed by atoms with Gasteiger partial charge in [-0.1, -0.05) is 0 Å². The van der Waals surface area contributed by atoms with Crippen molar-refractivity contribution >= 4 is 17.8 Å². The van der Waals surface area contributed by atoms with Crippen LogP contribution >= 0.6 is 0 Å².